The van der Waals surface area contributed by atoms with Crippen molar-refractivity contribution in [2.75, 3.05) is 26.4 Å². The molecule has 1 aliphatic rings. The van der Waals surface area contributed by atoms with Crippen molar-refractivity contribution >= 4 is 35.0 Å². The number of aliphatic hydroxyl groups excluding tert-OH is 1. The Kier molecular flexibility index (Phi) is 10.8. The molecular formula is C28H38N4O7S. The number of benzene rings is 1. The first-order chi connectivity index (χ1) is 18.9. The highest BCUT2D eigenvalue weighted by molar-refractivity contribution is 7.13. The van der Waals surface area contributed by atoms with Crippen LogP contribution in [0.4, 0.5) is 0 Å². The summed E-state index contributed by atoms with van der Waals surface area (Å²) in [4.78, 5) is 57.4. The van der Waals surface area contributed by atoms with Gasteiger partial charge in [0.05, 0.1) is 28.8 Å². The van der Waals surface area contributed by atoms with E-state index in [2.05, 4.69) is 15.6 Å². The van der Waals surface area contributed by atoms with Gasteiger partial charge in [0.1, 0.15) is 25.3 Å². The zero-order chi connectivity index (χ0) is 29.4. The molecule has 3 N–H and O–H groups in total. The Morgan fingerprint density at radius 2 is 1.88 bits per heavy atom. The maximum Gasteiger partial charge on any atom is 0.332 e. The van der Waals surface area contributed by atoms with Gasteiger partial charge in [0.25, 0.3) is 0 Å². The molecule has 40 heavy (non-hydrogen) atoms. The monoisotopic (exact) mass is 574 g/mol. The van der Waals surface area contributed by atoms with Gasteiger partial charge in [0.2, 0.25) is 17.7 Å². The lowest BCUT2D eigenvalue weighted by Crippen LogP contribution is -2.58. The average Bonchev–Trinajstić information content (AvgIpc) is 3.50. The molecule has 12 heteroatoms. The number of aryl methyl sites for hydroxylation is 1. The Morgan fingerprint density at radius 1 is 1.18 bits per heavy atom. The normalized spacial score (nSPS) is 17.8. The molecule has 1 fully saturated rings. The summed E-state index contributed by atoms with van der Waals surface area (Å²) in [6.45, 7) is 8.58. The molecule has 2 heterocycles. The summed E-state index contributed by atoms with van der Waals surface area (Å²) < 4.78 is 9.86. The highest BCUT2D eigenvalue weighted by Gasteiger charge is 2.44. The number of hydrogen-bond donors (Lipinski definition) is 3. The fourth-order valence-corrected chi connectivity index (χ4v) is 5.22. The number of nitrogens with one attached hydrogen (secondary N) is 2. The topological polar surface area (TPSA) is 147 Å². The minimum Gasteiger partial charge on any atom is -0.464 e. The van der Waals surface area contributed by atoms with Crippen LogP contribution in [0, 0.1) is 12.3 Å². The number of rotatable bonds is 11. The minimum absolute atomic E-state index is 0.0262. The lowest BCUT2D eigenvalue weighted by Gasteiger charge is -2.35. The third kappa shape index (κ3) is 8.33. The van der Waals surface area contributed by atoms with Gasteiger partial charge in [0, 0.05) is 19.5 Å². The van der Waals surface area contributed by atoms with Crippen LogP contribution in [0.25, 0.3) is 10.4 Å². The SMILES string of the molecule is CCOC(=O)COCC(=O)NC(C(=O)N1C[C@H](O)C[C@H]1C(=O)NCc1ccc(-c2scnc2C)cc1)C(C)(C)C. The summed E-state index contributed by atoms with van der Waals surface area (Å²) in [7, 11) is 0. The Hall–Kier alpha value is -3.35. The molecule has 2 aromatic rings. The number of esters is 1. The van der Waals surface area contributed by atoms with E-state index in [0.29, 0.717) is 0 Å². The minimum atomic E-state index is -0.991. The lowest BCUT2D eigenvalue weighted by molar-refractivity contribution is -0.150. The largest absolute Gasteiger partial charge is 0.464 e. The van der Waals surface area contributed by atoms with Crippen molar-refractivity contribution in [1.82, 2.24) is 20.5 Å². The molecule has 218 valence electrons. The van der Waals surface area contributed by atoms with Gasteiger partial charge in [-0.05, 0) is 30.4 Å². The van der Waals surface area contributed by atoms with Crippen LogP contribution in [0.2, 0.25) is 0 Å². The van der Waals surface area contributed by atoms with Crippen molar-refractivity contribution in [1.29, 1.82) is 0 Å². The number of carbonyl (C=O) groups excluding carboxylic acids is 4. The second-order valence-corrected chi connectivity index (χ2v) is 11.6. The van der Waals surface area contributed by atoms with Crippen molar-refractivity contribution in [3.63, 3.8) is 0 Å². The van der Waals surface area contributed by atoms with Crippen LogP contribution in [0.3, 0.4) is 0 Å². The van der Waals surface area contributed by atoms with Gasteiger partial charge < -0.3 is 30.1 Å². The molecular weight excluding hydrogens is 536 g/mol. The Bertz CT molecular complexity index is 1190. The Morgan fingerprint density at radius 3 is 2.48 bits per heavy atom. The molecule has 1 aromatic carbocycles. The van der Waals surface area contributed by atoms with Crippen molar-refractivity contribution in [3.05, 3.63) is 41.0 Å². The van der Waals surface area contributed by atoms with E-state index in [4.69, 9.17) is 9.47 Å². The Balaban J connectivity index is 1.62. The molecule has 3 rings (SSSR count). The predicted octanol–water partition coefficient (Wildman–Crippen LogP) is 1.81. The molecule has 1 aliphatic heterocycles. The van der Waals surface area contributed by atoms with Gasteiger partial charge in [-0.25, -0.2) is 9.78 Å². The maximum absolute atomic E-state index is 13.6. The molecule has 1 saturated heterocycles. The van der Waals surface area contributed by atoms with Crippen molar-refractivity contribution < 1.29 is 33.8 Å². The first-order valence-corrected chi connectivity index (χ1v) is 14.1. The van der Waals surface area contributed by atoms with Crippen LogP contribution >= 0.6 is 11.3 Å². The Labute approximate surface area is 238 Å². The number of β-amino-alcohol motifs (C(OH)–C–C–N with tert-alkyl or cyclic N) is 1. The standard InChI is InChI=1S/C28H38N4O7S/c1-6-39-23(35)15-38-14-22(34)31-25(28(3,4)5)27(37)32-13-20(33)11-21(32)26(36)29-12-18-7-9-19(10-8-18)24-17(2)30-16-40-24/h7-10,16,20-21,25,33H,6,11-15H2,1-5H3,(H,29,36)(H,31,34)/t20-,21+,25?/m1/s1. The van der Waals surface area contributed by atoms with Gasteiger partial charge in [0.15, 0.2) is 0 Å². The van der Waals surface area contributed by atoms with E-state index in [-0.39, 0.29) is 38.6 Å². The molecule has 0 bridgehead atoms. The second kappa shape index (κ2) is 13.8. The van der Waals surface area contributed by atoms with Gasteiger partial charge in [-0.3, -0.25) is 14.4 Å². The smallest absolute Gasteiger partial charge is 0.332 e. The number of amides is 3. The van der Waals surface area contributed by atoms with E-state index >= 15 is 0 Å². The van der Waals surface area contributed by atoms with Gasteiger partial charge in [-0.2, -0.15) is 0 Å². The van der Waals surface area contributed by atoms with Crippen LogP contribution in [0.1, 0.15) is 45.4 Å². The van der Waals surface area contributed by atoms with Gasteiger partial charge in [-0.1, -0.05) is 45.0 Å². The molecule has 1 aromatic heterocycles. The zero-order valence-corrected chi connectivity index (χ0v) is 24.4. The van der Waals surface area contributed by atoms with Crippen molar-refractivity contribution in [3.8, 4) is 10.4 Å². The quantitative estimate of drug-likeness (QED) is 0.344. The van der Waals surface area contributed by atoms with Crippen molar-refractivity contribution in [2.45, 2.75) is 65.8 Å². The van der Waals surface area contributed by atoms with Crippen LogP contribution in [-0.4, -0.2) is 83.2 Å². The number of ether oxygens (including phenoxy) is 2. The third-order valence-corrected chi connectivity index (χ3v) is 7.45. The zero-order valence-electron chi connectivity index (χ0n) is 23.6. The summed E-state index contributed by atoms with van der Waals surface area (Å²) in [5.74, 6) is -2.05. The van der Waals surface area contributed by atoms with E-state index < -0.39 is 48.0 Å². The van der Waals surface area contributed by atoms with Gasteiger partial charge in [-0.15, -0.1) is 11.3 Å². The highest BCUT2D eigenvalue weighted by atomic mass is 32.1. The van der Waals surface area contributed by atoms with E-state index in [1.54, 1.807) is 44.5 Å². The molecule has 0 radical (unpaired) electrons. The van der Waals surface area contributed by atoms with Crippen LogP contribution in [0.15, 0.2) is 29.8 Å². The molecule has 1 unspecified atom stereocenters. The summed E-state index contributed by atoms with van der Waals surface area (Å²) >= 11 is 1.57. The number of nitrogens with zero attached hydrogens (tertiary/aromatic N) is 2. The third-order valence-electron chi connectivity index (χ3n) is 6.47. The van der Waals surface area contributed by atoms with Gasteiger partial charge >= 0.3 is 5.97 Å². The number of thiazole rings is 1. The molecule has 0 saturated carbocycles. The number of hydrogen-bond acceptors (Lipinski definition) is 9. The van der Waals surface area contributed by atoms with E-state index in [0.717, 1.165) is 21.7 Å². The first-order valence-electron chi connectivity index (χ1n) is 13.2. The number of aromatic nitrogens is 1. The summed E-state index contributed by atoms with van der Waals surface area (Å²) in [6.07, 6.45) is -0.778. The highest BCUT2D eigenvalue weighted by Crippen LogP contribution is 2.28. The second-order valence-electron chi connectivity index (χ2n) is 10.7. The lowest BCUT2D eigenvalue weighted by atomic mass is 9.85. The molecule has 0 spiro atoms. The van der Waals surface area contributed by atoms with E-state index in [9.17, 15) is 24.3 Å². The van der Waals surface area contributed by atoms with Crippen molar-refractivity contribution in [2.24, 2.45) is 5.41 Å². The summed E-state index contributed by atoms with van der Waals surface area (Å²) in [5, 5.41) is 15.9. The number of likely N-dealkylation sites (tertiary alicyclic amines) is 1. The van der Waals surface area contributed by atoms with E-state index in [1.807, 2.05) is 31.2 Å². The fraction of sp³-hybridized carbons (Fsp3) is 0.536. The van der Waals surface area contributed by atoms with Crippen LogP contribution in [0.5, 0.6) is 0 Å². The molecule has 11 nitrogen and oxygen atoms in total. The molecule has 3 amide bonds. The van der Waals surface area contributed by atoms with Crippen LogP contribution < -0.4 is 10.6 Å². The summed E-state index contributed by atoms with van der Waals surface area (Å²) in [5.41, 5.74) is 3.99. The first kappa shape index (κ1) is 31.2. The molecule has 3 atom stereocenters. The number of carbonyl (C=O) groups is 4. The average molecular weight is 575 g/mol. The fourth-order valence-electron chi connectivity index (χ4n) is 4.41. The summed E-state index contributed by atoms with van der Waals surface area (Å²) in [6, 6.07) is 5.93. The van der Waals surface area contributed by atoms with Crippen LogP contribution in [-0.2, 0) is 35.2 Å². The molecule has 0 aliphatic carbocycles. The maximum atomic E-state index is 13.6. The number of aliphatic hydroxyl groups is 1. The van der Waals surface area contributed by atoms with E-state index in [1.165, 1.54) is 4.90 Å². The predicted molar refractivity (Wildman–Crippen MR) is 149 cm³/mol.